The van der Waals surface area contributed by atoms with Gasteiger partial charge < -0.3 is 4.74 Å². The van der Waals surface area contributed by atoms with E-state index < -0.39 is 43.9 Å². The molecule has 0 aliphatic heterocycles. The SMILES string of the molecule is COC(=O)CNS(=O)(=O)c1cc(C)c(F)c([N+](=O)[O-])c1. The van der Waals surface area contributed by atoms with Gasteiger partial charge in [0, 0.05) is 6.07 Å². The van der Waals surface area contributed by atoms with Gasteiger partial charge in [0.25, 0.3) is 0 Å². The highest BCUT2D eigenvalue weighted by atomic mass is 32.2. The van der Waals surface area contributed by atoms with Crippen LogP contribution >= 0.6 is 0 Å². The zero-order chi connectivity index (χ0) is 15.5. The molecule has 0 aliphatic carbocycles. The first-order chi connectivity index (χ1) is 9.19. The predicted octanol–water partition coefficient (Wildman–Crippen LogP) is 0.494. The highest BCUT2D eigenvalue weighted by molar-refractivity contribution is 7.89. The topological polar surface area (TPSA) is 116 Å². The van der Waals surface area contributed by atoms with Crippen LogP contribution in [0.2, 0.25) is 0 Å². The predicted molar refractivity (Wildman–Crippen MR) is 65.0 cm³/mol. The van der Waals surface area contributed by atoms with Crippen LogP contribution in [0.5, 0.6) is 0 Å². The molecule has 8 nitrogen and oxygen atoms in total. The van der Waals surface area contributed by atoms with Crippen molar-refractivity contribution in [2.75, 3.05) is 13.7 Å². The van der Waals surface area contributed by atoms with E-state index in [1.165, 1.54) is 6.92 Å². The van der Waals surface area contributed by atoms with Crippen LogP contribution in [0.1, 0.15) is 5.56 Å². The van der Waals surface area contributed by atoms with E-state index in [-0.39, 0.29) is 5.56 Å². The maximum Gasteiger partial charge on any atom is 0.320 e. The Hall–Kier alpha value is -2.07. The molecule has 0 saturated carbocycles. The fourth-order valence-electron chi connectivity index (χ4n) is 1.32. The summed E-state index contributed by atoms with van der Waals surface area (Å²) in [5, 5.41) is 10.6. The van der Waals surface area contributed by atoms with Crippen molar-refractivity contribution in [3.8, 4) is 0 Å². The summed E-state index contributed by atoms with van der Waals surface area (Å²) in [6.45, 7) is 0.560. The van der Waals surface area contributed by atoms with Gasteiger partial charge in [-0.1, -0.05) is 0 Å². The lowest BCUT2D eigenvalue weighted by molar-refractivity contribution is -0.387. The molecule has 0 saturated heterocycles. The minimum atomic E-state index is -4.18. The fraction of sp³-hybridized carbons (Fsp3) is 0.300. The number of ether oxygens (including phenoxy) is 1. The van der Waals surface area contributed by atoms with E-state index in [0.717, 1.165) is 13.2 Å². The Balaban J connectivity index is 3.19. The second kappa shape index (κ2) is 5.92. The number of nitro groups is 1. The Bertz CT molecular complexity index is 658. The lowest BCUT2D eigenvalue weighted by atomic mass is 10.2. The van der Waals surface area contributed by atoms with Crippen molar-refractivity contribution < 1.29 is 27.3 Å². The largest absolute Gasteiger partial charge is 0.468 e. The Kier molecular flexibility index (Phi) is 4.73. The number of methoxy groups -OCH3 is 1. The van der Waals surface area contributed by atoms with E-state index in [9.17, 15) is 27.7 Å². The maximum absolute atomic E-state index is 13.5. The maximum atomic E-state index is 13.5. The van der Waals surface area contributed by atoms with Crippen molar-refractivity contribution in [1.29, 1.82) is 0 Å². The molecule has 0 amide bonds. The molecule has 0 spiro atoms. The molecule has 0 unspecified atom stereocenters. The minimum Gasteiger partial charge on any atom is -0.468 e. The second-order valence-corrected chi connectivity index (χ2v) is 5.50. The zero-order valence-corrected chi connectivity index (χ0v) is 11.4. The third-order valence-electron chi connectivity index (χ3n) is 2.35. The number of carbonyl (C=O) groups is 1. The normalized spacial score (nSPS) is 11.2. The molecule has 110 valence electrons. The van der Waals surface area contributed by atoms with Gasteiger partial charge in [-0.2, -0.15) is 9.11 Å². The van der Waals surface area contributed by atoms with Gasteiger partial charge in [0.1, 0.15) is 6.54 Å². The molecule has 0 aliphatic rings. The molecule has 1 rings (SSSR count). The van der Waals surface area contributed by atoms with Crippen LogP contribution in [0, 0.1) is 22.9 Å². The summed E-state index contributed by atoms with van der Waals surface area (Å²) in [6, 6.07) is 1.52. The molecule has 1 N–H and O–H groups in total. The first-order valence-corrected chi connectivity index (χ1v) is 6.68. The molecular formula is C10H11FN2O6S. The number of benzene rings is 1. The number of esters is 1. The molecule has 10 heteroatoms. The Morgan fingerprint density at radius 3 is 2.60 bits per heavy atom. The smallest absolute Gasteiger partial charge is 0.320 e. The van der Waals surface area contributed by atoms with Crippen molar-refractivity contribution in [2.24, 2.45) is 0 Å². The van der Waals surface area contributed by atoms with Crippen molar-refractivity contribution >= 4 is 21.7 Å². The van der Waals surface area contributed by atoms with Crippen molar-refractivity contribution in [2.45, 2.75) is 11.8 Å². The quantitative estimate of drug-likeness (QED) is 0.481. The Morgan fingerprint density at radius 2 is 2.10 bits per heavy atom. The van der Waals surface area contributed by atoms with Crippen LogP contribution in [0.15, 0.2) is 17.0 Å². The van der Waals surface area contributed by atoms with E-state index in [4.69, 9.17) is 0 Å². The van der Waals surface area contributed by atoms with Gasteiger partial charge >= 0.3 is 11.7 Å². The van der Waals surface area contributed by atoms with Gasteiger partial charge in [-0.25, -0.2) is 8.42 Å². The van der Waals surface area contributed by atoms with E-state index in [2.05, 4.69) is 4.74 Å². The molecule has 0 heterocycles. The Labute approximate surface area is 113 Å². The number of halogens is 1. The summed E-state index contributed by atoms with van der Waals surface area (Å²) in [6.07, 6.45) is 0. The van der Waals surface area contributed by atoms with Gasteiger partial charge in [-0.3, -0.25) is 14.9 Å². The molecule has 0 fully saturated rings. The lowest BCUT2D eigenvalue weighted by Crippen LogP contribution is -2.30. The number of rotatable bonds is 5. The molecule has 1 aromatic rings. The number of hydrogen-bond acceptors (Lipinski definition) is 6. The average Bonchev–Trinajstić information content (AvgIpc) is 2.38. The van der Waals surface area contributed by atoms with Gasteiger partial charge in [-0.05, 0) is 18.6 Å². The lowest BCUT2D eigenvalue weighted by Gasteiger charge is -2.07. The summed E-state index contributed by atoms with van der Waals surface area (Å²) in [7, 11) is -3.11. The van der Waals surface area contributed by atoms with Crippen LogP contribution in [0.4, 0.5) is 10.1 Å². The Morgan fingerprint density at radius 1 is 1.50 bits per heavy atom. The number of aryl methyl sites for hydroxylation is 1. The van der Waals surface area contributed by atoms with E-state index in [1.807, 2.05) is 4.72 Å². The number of carbonyl (C=O) groups excluding carboxylic acids is 1. The third-order valence-corrected chi connectivity index (χ3v) is 3.73. The summed E-state index contributed by atoms with van der Waals surface area (Å²) >= 11 is 0. The fourth-order valence-corrected chi connectivity index (χ4v) is 2.39. The van der Waals surface area contributed by atoms with E-state index in [0.29, 0.717) is 6.07 Å². The van der Waals surface area contributed by atoms with Crippen molar-refractivity contribution in [3.63, 3.8) is 0 Å². The molecular weight excluding hydrogens is 295 g/mol. The van der Waals surface area contributed by atoms with Crippen LogP contribution in [-0.4, -0.2) is 33.0 Å². The molecule has 20 heavy (non-hydrogen) atoms. The van der Waals surface area contributed by atoms with Crippen LogP contribution in [-0.2, 0) is 19.6 Å². The van der Waals surface area contributed by atoms with E-state index in [1.54, 1.807) is 0 Å². The molecule has 0 atom stereocenters. The van der Waals surface area contributed by atoms with Gasteiger partial charge in [0.15, 0.2) is 0 Å². The average molecular weight is 306 g/mol. The van der Waals surface area contributed by atoms with E-state index >= 15 is 0 Å². The third kappa shape index (κ3) is 3.48. The first kappa shape index (κ1) is 16.0. The monoisotopic (exact) mass is 306 g/mol. The molecule has 0 aromatic heterocycles. The second-order valence-electron chi connectivity index (χ2n) is 3.73. The summed E-state index contributed by atoms with van der Waals surface area (Å²) < 4.78 is 43.3. The number of hydrogen-bond donors (Lipinski definition) is 1. The summed E-state index contributed by atoms with van der Waals surface area (Å²) in [4.78, 5) is 20.0. The highest BCUT2D eigenvalue weighted by Gasteiger charge is 2.24. The van der Waals surface area contributed by atoms with Crippen LogP contribution in [0.3, 0.4) is 0 Å². The number of nitrogens with zero attached hydrogens (tertiary/aromatic N) is 1. The number of nitro benzene ring substituents is 1. The molecule has 1 aromatic carbocycles. The highest BCUT2D eigenvalue weighted by Crippen LogP contribution is 2.24. The van der Waals surface area contributed by atoms with Crippen LogP contribution in [0.25, 0.3) is 0 Å². The first-order valence-electron chi connectivity index (χ1n) is 5.20. The van der Waals surface area contributed by atoms with Gasteiger partial charge in [0.05, 0.1) is 16.9 Å². The van der Waals surface area contributed by atoms with Crippen molar-refractivity contribution in [3.05, 3.63) is 33.6 Å². The summed E-state index contributed by atoms with van der Waals surface area (Å²) in [5.41, 5.74) is -1.15. The van der Waals surface area contributed by atoms with Crippen LogP contribution < -0.4 is 4.72 Å². The summed E-state index contributed by atoms with van der Waals surface area (Å²) in [5.74, 6) is -1.94. The van der Waals surface area contributed by atoms with Gasteiger partial charge in [-0.15, -0.1) is 0 Å². The minimum absolute atomic E-state index is 0.197. The number of nitrogens with one attached hydrogen (secondary N) is 1. The molecule has 0 radical (unpaired) electrons. The van der Waals surface area contributed by atoms with Crippen molar-refractivity contribution in [1.82, 2.24) is 4.72 Å². The zero-order valence-electron chi connectivity index (χ0n) is 10.5. The van der Waals surface area contributed by atoms with Gasteiger partial charge in [0.2, 0.25) is 15.8 Å². The standard InChI is InChI=1S/C10H11FN2O6S/c1-6-3-7(4-8(10(6)11)13(15)16)20(17,18)12-5-9(14)19-2/h3-4,12H,5H2,1-2H3. The molecule has 0 bridgehead atoms. The number of sulfonamides is 1.